The summed E-state index contributed by atoms with van der Waals surface area (Å²) in [5.74, 6) is 0.402. The van der Waals surface area contributed by atoms with E-state index in [9.17, 15) is 18.0 Å². The van der Waals surface area contributed by atoms with Crippen LogP contribution in [0.15, 0.2) is 64.9 Å². The fourth-order valence-corrected chi connectivity index (χ4v) is 4.75. The van der Waals surface area contributed by atoms with Gasteiger partial charge in [0.15, 0.2) is 11.5 Å². The van der Waals surface area contributed by atoms with Crippen LogP contribution in [0.25, 0.3) is 0 Å². The van der Waals surface area contributed by atoms with Gasteiger partial charge in [0.2, 0.25) is 5.91 Å². The highest BCUT2D eigenvalue weighted by Crippen LogP contribution is 2.32. The Kier molecular flexibility index (Phi) is 6.80. The minimum Gasteiger partial charge on any atom is -0.486 e. The predicted molar refractivity (Wildman–Crippen MR) is 125 cm³/mol. The van der Waals surface area contributed by atoms with Crippen molar-refractivity contribution in [1.29, 1.82) is 0 Å². The molecular formula is C22H21N3O6S2. The Labute approximate surface area is 194 Å². The SMILES string of the molecule is O=C(CCNC(=O)c1cccs1)Nc1ccc(NS(=O)(=O)c2ccc3c(c2)OCCO3)cc1. The van der Waals surface area contributed by atoms with Crippen LogP contribution in [-0.2, 0) is 14.8 Å². The van der Waals surface area contributed by atoms with Gasteiger partial charge in [0.1, 0.15) is 13.2 Å². The van der Waals surface area contributed by atoms with E-state index >= 15 is 0 Å². The van der Waals surface area contributed by atoms with Crippen LogP contribution in [-0.4, -0.2) is 40.0 Å². The van der Waals surface area contributed by atoms with E-state index in [-0.39, 0.29) is 29.7 Å². The van der Waals surface area contributed by atoms with Crippen molar-refractivity contribution in [3.8, 4) is 11.5 Å². The smallest absolute Gasteiger partial charge is 0.262 e. The number of anilines is 2. The molecule has 0 radical (unpaired) electrons. The summed E-state index contributed by atoms with van der Waals surface area (Å²) in [4.78, 5) is 24.6. The van der Waals surface area contributed by atoms with Gasteiger partial charge in [0.05, 0.1) is 9.77 Å². The molecule has 0 bridgehead atoms. The van der Waals surface area contributed by atoms with Gasteiger partial charge in [-0.3, -0.25) is 14.3 Å². The number of nitrogens with one attached hydrogen (secondary N) is 3. The van der Waals surface area contributed by atoms with E-state index in [1.807, 2.05) is 5.38 Å². The second kappa shape index (κ2) is 9.92. The lowest BCUT2D eigenvalue weighted by atomic mass is 10.2. The topological polar surface area (TPSA) is 123 Å². The van der Waals surface area contributed by atoms with Crippen molar-refractivity contribution in [2.24, 2.45) is 0 Å². The average molecular weight is 488 g/mol. The molecule has 172 valence electrons. The molecule has 0 atom stereocenters. The first-order valence-electron chi connectivity index (χ1n) is 10.0. The normalized spacial score (nSPS) is 12.6. The van der Waals surface area contributed by atoms with Crippen molar-refractivity contribution in [1.82, 2.24) is 5.32 Å². The van der Waals surface area contributed by atoms with E-state index in [0.717, 1.165) is 0 Å². The number of fused-ring (bicyclic) bond motifs is 1. The number of thiophene rings is 1. The lowest BCUT2D eigenvalue weighted by Gasteiger charge is -2.19. The molecule has 1 aliphatic rings. The van der Waals surface area contributed by atoms with Crippen molar-refractivity contribution in [2.75, 3.05) is 29.8 Å². The number of carbonyl (C=O) groups is 2. The van der Waals surface area contributed by atoms with Gasteiger partial charge in [-0.05, 0) is 47.8 Å². The molecule has 3 N–H and O–H groups in total. The van der Waals surface area contributed by atoms with Crippen LogP contribution in [0.2, 0.25) is 0 Å². The van der Waals surface area contributed by atoms with Gasteiger partial charge in [0.25, 0.3) is 15.9 Å². The molecule has 0 spiro atoms. The number of sulfonamides is 1. The molecule has 1 aliphatic heterocycles. The van der Waals surface area contributed by atoms with Gasteiger partial charge in [-0.1, -0.05) is 6.07 Å². The number of amides is 2. The molecule has 0 unspecified atom stereocenters. The maximum absolute atomic E-state index is 12.7. The molecule has 2 heterocycles. The fraction of sp³-hybridized carbons (Fsp3) is 0.182. The number of rotatable bonds is 8. The van der Waals surface area contributed by atoms with Crippen molar-refractivity contribution in [3.63, 3.8) is 0 Å². The maximum Gasteiger partial charge on any atom is 0.262 e. The zero-order valence-electron chi connectivity index (χ0n) is 17.4. The Morgan fingerprint density at radius 2 is 1.67 bits per heavy atom. The summed E-state index contributed by atoms with van der Waals surface area (Å²) in [6.07, 6.45) is 0.107. The Morgan fingerprint density at radius 1 is 0.939 bits per heavy atom. The van der Waals surface area contributed by atoms with Crippen LogP contribution in [0, 0.1) is 0 Å². The summed E-state index contributed by atoms with van der Waals surface area (Å²) < 4.78 is 38.7. The summed E-state index contributed by atoms with van der Waals surface area (Å²) in [5, 5.41) is 7.21. The van der Waals surface area contributed by atoms with Crippen LogP contribution in [0.3, 0.4) is 0 Å². The number of ether oxygens (including phenoxy) is 2. The van der Waals surface area contributed by atoms with Gasteiger partial charge in [0, 0.05) is 30.4 Å². The first-order chi connectivity index (χ1) is 15.9. The molecule has 0 saturated heterocycles. The molecule has 4 rings (SSSR count). The minimum absolute atomic E-state index is 0.0497. The Hall–Kier alpha value is -3.57. The third kappa shape index (κ3) is 5.82. The van der Waals surface area contributed by atoms with E-state index in [1.165, 1.54) is 23.5 Å². The highest BCUT2D eigenvalue weighted by atomic mass is 32.2. The minimum atomic E-state index is -3.83. The number of hydrogen-bond donors (Lipinski definition) is 3. The van der Waals surface area contributed by atoms with Crippen LogP contribution in [0.5, 0.6) is 11.5 Å². The predicted octanol–water partition coefficient (Wildman–Crippen LogP) is 3.08. The van der Waals surface area contributed by atoms with Gasteiger partial charge >= 0.3 is 0 Å². The largest absolute Gasteiger partial charge is 0.486 e. The number of benzene rings is 2. The lowest BCUT2D eigenvalue weighted by molar-refractivity contribution is -0.116. The van der Waals surface area contributed by atoms with Gasteiger partial charge in [-0.25, -0.2) is 8.42 Å². The third-order valence-corrected chi connectivity index (χ3v) is 6.87. The fourth-order valence-electron chi connectivity index (χ4n) is 3.03. The molecule has 0 saturated carbocycles. The monoisotopic (exact) mass is 487 g/mol. The summed E-state index contributed by atoms with van der Waals surface area (Å²) in [7, 11) is -3.83. The first kappa shape index (κ1) is 22.6. The molecule has 11 heteroatoms. The van der Waals surface area contributed by atoms with Gasteiger partial charge in [-0.2, -0.15) is 0 Å². The Balaban J connectivity index is 1.29. The molecule has 0 aliphatic carbocycles. The van der Waals surface area contributed by atoms with E-state index in [0.29, 0.717) is 41.0 Å². The second-order valence-corrected chi connectivity index (χ2v) is 9.65. The quantitative estimate of drug-likeness (QED) is 0.449. The Morgan fingerprint density at radius 3 is 2.39 bits per heavy atom. The number of hydrogen-bond acceptors (Lipinski definition) is 7. The van der Waals surface area contributed by atoms with Crippen LogP contribution < -0.4 is 24.8 Å². The van der Waals surface area contributed by atoms with E-state index in [1.54, 1.807) is 42.5 Å². The average Bonchev–Trinajstić information content (AvgIpc) is 3.35. The van der Waals surface area contributed by atoms with Crippen molar-refractivity contribution >= 4 is 44.5 Å². The molecule has 2 aromatic carbocycles. The van der Waals surface area contributed by atoms with E-state index in [2.05, 4.69) is 15.4 Å². The molecule has 0 fully saturated rings. The Bertz CT molecular complexity index is 1240. The molecule has 1 aromatic heterocycles. The lowest BCUT2D eigenvalue weighted by Crippen LogP contribution is -2.27. The van der Waals surface area contributed by atoms with Crippen LogP contribution in [0.1, 0.15) is 16.1 Å². The number of carbonyl (C=O) groups excluding carboxylic acids is 2. The van der Waals surface area contributed by atoms with E-state index in [4.69, 9.17) is 9.47 Å². The molecule has 3 aromatic rings. The zero-order chi connectivity index (χ0) is 23.3. The molecule has 2 amide bonds. The standard InChI is InChI=1S/C22H21N3O6S2/c26-21(9-10-23-22(27)20-2-1-13-32-20)24-15-3-5-16(6-4-15)25-33(28,29)17-7-8-18-19(14-17)31-12-11-30-18/h1-8,13-14,25H,9-12H2,(H,23,27)(H,24,26). The molecule has 9 nitrogen and oxygen atoms in total. The third-order valence-electron chi connectivity index (χ3n) is 4.63. The summed E-state index contributed by atoms with van der Waals surface area (Å²) in [6.45, 7) is 0.984. The zero-order valence-corrected chi connectivity index (χ0v) is 19.0. The maximum atomic E-state index is 12.7. The van der Waals surface area contributed by atoms with E-state index < -0.39 is 10.0 Å². The summed E-state index contributed by atoms with van der Waals surface area (Å²) in [6, 6.07) is 14.2. The van der Waals surface area contributed by atoms with Crippen LogP contribution >= 0.6 is 11.3 Å². The van der Waals surface area contributed by atoms with Gasteiger partial charge in [-0.15, -0.1) is 11.3 Å². The van der Waals surface area contributed by atoms with Crippen molar-refractivity contribution in [3.05, 3.63) is 64.9 Å². The molecular weight excluding hydrogens is 466 g/mol. The highest BCUT2D eigenvalue weighted by Gasteiger charge is 2.19. The first-order valence-corrected chi connectivity index (χ1v) is 12.4. The summed E-state index contributed by atoms with van der Waals surface area (Å²) in [5.41, 5.74) is 0.845. The van der Waals surface area contributed by atoms with Crippen molar-refractivity contribution < 1.29 is 27.5 Å². The highest BCUT2D eigenvalue weighted by molar-refractivity contribution is 7.92. The molecule has 33 heavy (non-hydrogen) atoms. The summed E-state index contributed by atoms with van der Waals surface area (Å²) >= 11 is 1.33. The van der Waals surface area contributed by atoms with Crippen molar-refractivity contribution in [2.45, 2.75) is 11.3 Å². The van der Waals surface area contributed by atoms with Crippen LogP contribution in [0.4, 0.5) is 11.4 Å². The van der Waals surface area contributed by atoms with Gasteiger partial charge < -0.3 is 20.1 Å². The second-order valence-electron chi connectivity index (χ2n) is 7.02.